The van der Waals surface area contributed by atoms with Gasteiger partial charge >= 0.3 is 6.03 Å². The highest BCUT2D eigenvalue weighted by Crippen LogP contribution is 2.31. The molecule has 2 heterocycles. The van der Waals surface area contributed by atoms with Crippen molar-refractivity contribution in [3.8, 4) is 0 Å². The molecule has 2 fully saturated rings. The second-order valence-corrected chi connectivity index (χ2v) is 8.65. The monoisotopic (exact) mass is 351 g/mol. The predicted molar refractivity (Wildman–Crippen MR) is 93.1 cm³/mol. The standard InChI is InChI=1S/C17H25N3O3S/c1-24(22,23)19-11-5-9-15(13-19)18-17(21)20-12-6-10-16(20)14-7-3-2-4-8-14/h2-4,7-8,15-16H,5-6,9-13H2,1H3,(H,18,21). The molecule has 3 rings (SSSR count). The molecule has 24 heavy (non-hydrogen) atoms. The minimum Gasteiger partial charge on any atom is -0.334 e. The molecule has 0 aliphatic carbocycles. The van der Waals surface area contributed by atoms with Gasteiger partial charge in [-0.3, -0.25) is 0 Å². The lowest BCUT2D eigenvalue weighted by atomic mass is 10.0. The number of carbonyl (C=O) groups is 1. The van der Waals surface area contributed by atoms with Gasteiger partial charge in [-0.25, -0.2) is 17.5 Å². The molecular formula is C17H25N3O3S. The number of sulfonamides is 1. The largest absolute Gasteiger partial charge is 0.334 e. The van der Waals surface area contributed by atoms with E-state index in [0.717, 1.165) is 37.8 Å². The molecule has 2 atom stereocenters. The number of nitrogens with one attached hydrogen (secondary N) is 1. The van der Waals surface area contributed by atoms with Crippen molar-refractivity contribution < 1.29 is 13.2 Å². The van der Waals surface area contributed by atoms with Gasteiger partial charge in [-0.15, -0.1) is 0 Å². The van der Waals surface area contributed by atoms with Gasteiger partial charge in [0.15, 0.2) is 0 Å². The van der Waals surface area contributed by atoms with Crippen molar-refractivity contribution in [2.45, 2.75) is 37.8 Å². The van der Waals surface area contributed by atoms with Crippen LogP contribution in [0.1, 0.15) is 37.3 Å². The Labute approximate surface area is 143 Å². The average Bonchev–Trinajstić information content (AvgIpc) is 3.05. The molecule has 7 heteroatoms. The lowest BCUT2D eigenvalue weighted by molar-refractivity contribution is 0.181. The summed E-state index contributed by atoms with van der Waals surface area (Å²) in [6.45, 7) is 1.66. The van der Waals surface area contributed by atoms with Gasteiger partial charge in [0, 0.05) is 25.7 Å². The first-order valence-electron chi connectivity index (χ1n) is 8.52. The maximum Gasteiger partial charge on any atom is 0.318 e. The molecule has 2 aliphatic rings. The van der Waals surface area contributed by atoms with Crippen LogP contribution in [0.3, 0.4) is 0 Å². The van der Waals surface area contributed by atoms with Crippen LogP contribution in [-0.4, -0.2) is 55.6 Å². The van der Waals surface area contributed by atoms with Crippen LogP contribution in [0.25, 0.3) is 0 Å². The maximum atomic E-state index is 12.7. The lowest BCUT2D eigenvalue weighted by Gasteiger charge is -2.33. The zero-order valence-corrected chi connectivity index (χ0v) is 14.8. The Balaban J connectivity index is 1.64. The minimum atomic E-state index is -3.20. The third-order valence-electron chi connectivity index (χ3n) is 4.88. The van der Waals surface area contributed by atoms with Gasteiger partial charge in [-0.05, 0) is 31.2 Å². The molecule has 2 saturated heterocycles. The molecule has 2 unspecified atom stereocenters. The number of nitrogens with zero attached hydrogens (tertiary/aromatic N) is 2. The SMILES string of the molecule is CS(=O)(=O)N1CCCC(NC(=O)N2CCCC2c2ccccc2)C1. The van der Waals surface area contributed by atoms with E-state index < -0.39 is 10.0 Å². The van der Waals surface area contributed by atoms with Crippen LogP contribution in [0.5, 0.6) is 0 Å². The molecule has 6 nitrogen and oxygen atoms in total. The van der Waals surface area contributed by atoms with Crippen molar-refractivity contribution in [3.63, 3.8) is 0 Å². The number of piperidine rings is 1. The molecular weight excluding hydrogens is 326 g/mol. The van der Waals surface area contributed by atoms with E-state index in [2.05, 4.69) is 17.4 Å². The lowest BCUT2D eigenvalue weighted by Crippen LogP contribution is -2.52. The summed E-state index contributed by atoms with van der Waals surface area (Å²) in [5.41, 5.74) is 1.16. The van der Waals surface area contributed by atoms with Gasteiger partial charge in [0.05, 0.1) is 12.3 Å². The second kappa shape index (κ2) is 7.11. The van der Waals surface area contributed by atoms with Crippen molar-refractivity contribution in [1.29, 1.82) is 0 Å². The Morgan fingerprint density at radius 2 is 1.83 bits per heavy atom. The molecule has 0 saturated carbocycles. The summed E-state index contributed by atoms with van der Waals surface area (Å²) in [5.74, 6) is 0. The fourth-order valence-electron chi connectivity index (χ4n) is 3.65. The molecule has 0 bridgehead atoms. The summed E-state index contributed by atoms with van der Waals surface area (Å²) in [6, 6.07) is 10.00. The third kappa shape index (κ3) is 3.89. The van der Waals surface area contributed by atoms with E-state index in [1.807, 2.05) is 23.1 Å². The summed E-state index contributed by atoms with van der Waals surface area (Å²) < 4.78 is 24.9. The van der Waals surface area contributed by atoms with Gasteiger partial charge in [-0.1, -0.05) is 30.3 Å². The molecule has 1 aromatic carbocycles. The molecule has 2 aliphatic heterocycles. The quantitative estimate of drug-likeness (QED) is 0.905. The number of carbonyl (C=O) groups excluding carboxylic acids is 1. The summed E-state index contributed by atoms with van der Waals surface area (Å²) in [4.78, 5) is 14.6. The minimum absolute atomic E-state index is 0.0818. The fourth-order valence-corrected chi connectivity index (χ4v) is 4.56. The summed E-state index contributed by atoms with van der Waals surface area (Å²) >= 11 is 0. The van der Waals surface area contributed by atoms with E-state index in [0.29, 0.717) is 13.1 Å². The van der Waals surface area contributed by atoms with Crippen molar-refractivity contribution >= 4 is 16.1 Å². The van der Waals surface area contributed by atoms with Gasteiger partial charge in [0.1, 0.15) is 0 Å². The molecule has 0 spiro atoms. The van der Waals surface area contributed by atoms with Gasteiger partial charge in [0.2, 0.25) is 10.0 Å². The number of hydrogen-bond acceptors (Lipinski definition) is 3. The molecule has 1 aromatic rings. The van der Waals surface area contributed by atoms with E-state index in [4.69, 9.17) is 0 Å². The number of hydrogen-bond donors (Lipinski definition) is 1. The number of likely N-dealkylation sites (tertiary alicyclic amines) is 1. The van der Waals surface area contributed by atoms with E-state index >= 15 is 0 Å². The predicted octanol–water partition coefficient (Wildman–Crippen LogP) is 1.96. The molecule has 132 valence electrons. The Morgan fingerprint density at radius 1 is 1.12 bits per heavy atom. The van der Waals surface area contributed by atoms with E-state index in [1.54, 1.807) is 0 Å². The average molecular weight is 351 g/mol. The molecule has 0 aromatic heterocycles. The third-order valence-corrected chi connectivity index (χ3v) is 6.15. The number of rotatable bonds is 3. The fraction of sp³-hybridized carbons (Fsp3) is 0.588. The van der Waals surface area contributed by atoms with Gasteiger partial charge in [0.25, 0.3) is 0 Å². The smallest absolute Gasteiger partial charge is 0.318 e. The van der Waals surface area contributed by atoms with Crippen LogP contribution in [0.15, 0.2) is 30.3 Å². The first-order valence-corrected chi connectivity index (χ1v) is 10.4. The first kappa shape index (κ1) is 17.2. The van der Waals surface area contributed by atoms with Crippen molar-refractivity contribution in [3.05, 3.63) is 35.9 Å². The van der Waals surface area contributed by atoms with E-state index in [-0.39, 0.29) is 18.1 Å². The van der Waals surface area contributed by atoms with Crippen molar-refractivity contribution in [2.75, 3.05) is 25.9 Å². The first-order chi connectivity index (χ1) is 11.4. The van der Waals surface area contributed by atoms with Crippen LogP contribution in [0, 0.1) is 0 Å². The van der Waals surface area contributed by atoms with Crippen molar-refractivity contribution in [2.24, 2.45) is 0 Å². The number of benzene rings is 1. The topological polar surface area (TPSA) is 69.7 Å². The normalized spacial score (nSPS) is 25.6. The molecule has 1 N–H and O–H groups in total. The zero-order chi connectivity index (χ0) is 17.2. The van der Waals surface area contributed by atoms with Gasteiger partial charge < -0.3 is 10.2 Å². The second-order valence-electron chi connectivity index (χ2n) is 6.67. The van der Waals surface area contributed by atoms with Crippen LogP contribution in [0.2, 0.25) is 0 Å². The summed E-state index contributed by atoms with van der Waals surface area (Å²) in [5, 5.41) is 3.04. The van der Waals surface area contributed by atoms with Crippen LogP contribution in [-0.2, 0) is 10.0 Å². The zero-order valence-electron chi connectivity index (χ0n) is 14.0. The summed E-state index contributed by atoms with van der Waals surface area (Å²) in [6.07, 6.45) is 4.79. The maximum absolute atomic E-state index is 12.7. The Kier molecular flexibility index (Phi) is 5.10. The van der Waals surface area contributed by atoms with E-state index in [9.17, 15) is 13.2 Å². The van der Waals surface area contributed by atoms with Crippen LogP contribution >= 0.6 is 0 Å². The van der Waals surface area contributed by atoms with Crippen LogP contribution < -0.4 is 5.32 Å². The Morgan fingerprint density at radius 3 is 2.54 bits per heavy atom. The van der Waals surface area contributed by atoms with Crippen LogP contribution in [0.4, 0.5) is 4.79 Å². The molecule has 0 radical (unpaired) electrons. The summed E-state index contributed by atoms with van der Waals surface area (Å²) in [7, 11) is -3.20. The van der Waals surface area contributed by atoms with Crippen molar-refractivity contribution in [1.82, 2.24) is 14.5 Å². The Hall–Kier alpha value is -1.60. The highest BCUT2D eigenvalue weighted by Gasteiger charge is 2.32. The Bertz CT molecular complexity index is 678. The number of amides is 2. The van der Waals surface area contributed by atoms with E-state index in [1.165, 1.54) is 10.6 Å². The highest BCUT2D eigenvalue weighted by molar-refractivity contribution is 7.88. The number of urea groups is 1. The molecule has 2 amide bonds. The van der Waals surface area contributed by atoms with Gasteiger partial charge in [-0.2, -0.15) is 0 Å². The highest BCUT2D eigenvalue weighted by atomic mass is 32.2.